The lowest BCUT2D eigenvalue weighted by Gasteiger charge is -2.26. The number of carboxylic acid groups (broad SMARTS) is 1. The second-order valence-corrected chi connectivity index (χ2v) is 14.8. The summed E-state index contributed by atoms with van der Waals surface area (Å²) in [5.74, 6) is 3.77. The lowest BCUT2D eigenvalue weighted by Crippen LogP contribution is -2.43. The highest BCUT2D eigenvalue weighted by Gasteiger charge is 2.47. The van der Waals surface area contributed by atoms with E-state index in [0.29, 0.717) is 75.8 Å². The van der Waals surface area contributed by atoms with Crippen molar-refractivity contribution in [3.05, 3.63) is 0 Å². The lowest BCUT2D eigenvalue weighted by atomic mass is 9.80. The third kappa shape index (κ3) is 6.10. The third-order valence-corrected chi connectivity index (χ3v) is 13.5. The van der Waals surface area contributed by atoms with E-state index >= 15 is 0 Å². The van der Waals surface area contributed by atoms with Crippen LogP contribution >= 0.6 is 22.6 Å². The molecule has 36 heavy (non-hydrogen) atoms. The molecule has 0 aliphatic carbocycles. The predicted molar refractivity (Wildman–Crippen MR) is 157 cm³/mol. The van der Waals surface area contributed by atoms with Gasteiger partial charge in [0, 0.05) is 52.6 Å². The average molecular weight is 617 g/mol. The molecule has 0 spiro atoms. The fraction of sp³-hybridized carbons (Fsp3) is 0.966. The first-order valence-corrected chi connectivity index (χ1v) is 16.1. The molecule has 0 radical (unpaired) electrons. The van der Waals surface area contributed by atoms with Crippen molar-refractivity contribution in [1.82, 2.24) is 21.3 Å². The third-order valence-electron chi connectivity index (χ3n) is 11.4. The molecule has 0 bridgehead atoms. The molecular formula is C29H53IN4O2. The molecule has 15 atom stereocenters. The first-order valence-electron chi connectivity index (χ1n) is 14.8. The average Bonchev–Trinajstić information content (AvgIpc) is 3.47. The summed E-state index contributed by atoms with van der Waals surface area (Å²) < 4.78 is 0.647. The Balaban J connectivity index is 1.38. The van der Waals surface area contributed by atoms with Crippen LogP contribution in [0.1, 0.15) is 80.6 Å². The number of carbonyl (C=O) groups is 1. The molecule has 0 aromatic carbocycles. The largest absolute Gasteiger partial charge is 0.481 e. The maximum atomic E-state index is 11.4. The van der Waals surface area contributed by atoms with Crippen LogP contribution in [0.15, 0.2) is 0 Å². The Labute approximate surface area is 233 Å². The van der Waals surface area contributed by atoms with Gasteiger partial charge in [0.25, 0.3) is 0 Å². The van der Waals surface area contributed by atoms with E-state index in [0.717, 1.165) is 37.6 Å². The van der Waals surface area contributed by atoms with E-state index in [9.17, 15) is 9.90 Å². The molecule has 4 heterocycles. The summed E-state index contributed by atoms with van der Waals surface area (Å²) in [5, 5.41) is 25.2. The van der Waals surface area contributed by atoms with Crippen molar-refractivity contribution >= 4 is 28.6 Å². The molecule has 0 amide bonds. The van der Waals surface area contributed by atoms with Gasteiger partial charge in [-0.1, -0.05) is 64.1 Å². The van der Waals surface area contributed by atoms with Gasteiger partial charge in [0.05, 0.1) is 0 Å². The number of halogens is 1. The van der Waals surface area contributed by atoms with Gasteiger partial charge < -0.3 is 26.4 Å². The van der Waals surface area contributed by atoms with Crippen LogP contribution in [0.5, 0.6) is 0 Å². The topological polar surface area (TPSA) is 85.4 Å². The molecule has 0 aromatic rings. The van der Waals surface area contributed by atoms with Crippen LogP contribution in [0.2, 0.25) is 0 Å². The van der Waals surface area contributed by atoms with Gasteiger partial charge in [-0.25, -0.2) is 0 Å². The highest BCUT2D eigenvalue weighted by atomic mass is 127. The van der Waals surface area contributed by atoms with E-state index in [-0.39, 0.29) is 6.42 Å². The smallest absolute Gasteiger partial charge is 0.303 e. The number of rotatable bonds is 9. The summed E-state index contributed by atoms with van der Waals surface area (Å²) in [6, 6.07) is 3.69. The van der Waals surface area contributed by atoms with Crippen LogP contribution < -0.4 is 21.3 Å². The molecule has 0 saturated carbocycles. The molecule has 4 aliphatic rings. The van der Waals surface area contributed by atoms with Gasteiger partial charge in [-0.2, -0.15) is 0 Å². The van der Waals surface area contributed by atoms with Crippen LogP contribution in [-0.4, -0.2) is 63.8 Å². The molecule has 14 unspecified atom stereocenters. The van der Waals surface area contributed by atoms with E-state index in [4.69, 9.17) is 0 Å². The van der Waals surface area contributed by atoms with E-state index < -0.39 is 5.97 Å². The normalized spacial score (nSPS) is 51.3. The SMILES string of the molecule is CC1CNC(CC2NC(CC3NC(CC4N[C@@H](C)C(C)C4C)C(C)C3C)C(C)C2CCC(=O)O)C1I. The maximum absolute atomic E-state index is 11.4. The van der Waals surface area contributed by atoms with Crippen LogP contribution in [0.3, 0.4) is 0 Å². The molecule has 7 heteroatoms. The highest BCUT2D eigenvalue weighted by molar-refractivity contribution is 14.1. The Morgan fingerprint density at radius 3 is 1.72 bits per heavy atom. The number of nitrogens with one attached hydrogen (secondary N) is 4. The Hall–Kier alpha value is 0.0400. The number of hydrogen-bond donors (Lipinski definition) is 5. The molecule has 4 aliphatic heterocycles. The Kier molecular flexibility index (Phi) is 9.72. The minimum atomic E-state index is -0.662. The van der Waals surface area contributed by atoms with E-state index in [1.807, 2.05) is 0 Å². The highest BCUT2D eigenvalue weighted by Crippen LogP contribution is 2.40. The van der Waals surface area contributed by atoms with Gasteiger partial charge in [0.15, 0.2) is 0 Å². The number of hydrogen-bond acceptors (Lipinski definition) is 5. The molecule has 4 fully saturated rings. The minimum absolute atomic E-state index is 0.280. The fourth-order valence-corrected chi connectivity index (χ4v) is 8.91. The first-order chi connectivity index (χ1) is 17.0. The van der Waals surface area contributed by atoms with Gasteiger partial charge in [-0.3, -0.25) is 4.79 Å². The van der Waals surface area contributed by atoms with Gasteiger partial charge >= 0.3 is 5.97 Å². The summed E-state index contributed by atoms with van der Waals surface area (Å²) >= 11 is 2.63. The second kappa shape index (κ2) is 12.1. The van der Waals surface area contributed by atoms with Crippen molar-refractivity contribution in [2.45, 2.75) is 127 Å². The number of carboxylic acids is 1. The number of alkyl halides is 1. The van der Waals surface area contributed by atoms with Crippen LogP contribution in [-0.2, 0) is 4.79 Å². The van der Waals surface area contributed by atoms with Crippen molar-refractivity contribution in [3.8, 4) is 0 Å². The van der Waals surface area contributed by atoms with E-state index in [2.05, 4.69) is 92.3 Å². The zero-order valence-corrected chi connectivity index (χ0v) is 25.8. The van der Waals surface area contributed by atoms with Crippen molar-refractivity contribution in [3.63, 3.8) is 0 Å². The van der Waals surface area contributed by atoms with E-state index in [1.165, 1.54) is 6.42 Å². The monoisotopic (exact) mass is 616 g/mol. The first kappa shape index (κ1) is 29.0. The van der Waals surface area contributed by atoms with Gasteiger partial charge in [-0.15, -0.1) is 0 Å². The van der Waals surface area contributed by atoms with Crippen molar-refractivity contribution in [2.24, 2.45) is 41.4 Å². The second-order valence-electron chi connectivity index (χ2n) is 13.4. The minimum Gasteiger partial charge on any atom is -0.481 e. The summed E-state index contributed by atoms with van der Waals surface area (Å²) in [6.07, 6.45) is 4.54. The fourth-order valence-electron chi connectivity index (χ4n) is 8.11. The molecule has 0 aromatic heterocycles. The van der Waals surface area contributed by atoms with Gasteiger partial charge in [0.1, 0.15) is 0 Å². The molecule has 6 nitrogen and oxygen atoms in total. The zero-order chi connectivity index (χ0) is 26.3. The Morgan fingerprint density at radius 2 is 1.22 bits per heavy atom. The summed E-state index contributed by atoms with van der Waals surface area (Å²) in [5.41, 5.74) is 0. The predicted octanol–water partition coefficient (Wildman–Crippen LogP) is 4.27. The zero-order valence-electron chi connectivity index (χ0n) is 23.6. The van der Waals surface area contributed by atoms with Crippen molar-refractivity contribution < 1.29 is 9.90 Å². The number of aliphatic carboxylic acids is 1. The molecular weight excluding hydrogens is 563 g/mol. The summed E-state index contributed by atoms with van der Waals surface area (Å²) in [7, 11) is 0. The molecule has 208 valence electrons. The van der Waals surface area contributed by atoms with Gasteiger partial charge in [-0.05, 0) is 80.6 Å². The summed E-state index contributed by atoms with van der Waals surface area (Å²) in [4.78, 5) is 11.4. The van der Waals surface area contributed by atoms with Crippen molar-refractivity contribution in [2.75, 3.05) is 6.54 Å². The standard InChI is InChI=1S/C29H53IN4O2/c1-14-13-31-27(29(14)30)12-26-21(8-9-28(35)36)19(6)25(34-26)11-24-18(5)17(4)23(33-24)10-22-16(3)15(2)20(7)32-22/h14-27,29,31-34H,8-13H2,1-7H3,(H,35,36)/t14?,15?,16?,17?,18?,19?,20-,21?,22?,23?,24?,25?,26?,27?,29?/m0/s1. The van der Waals surface area contributed by atoms with Crippen LogP contribution in [0.4, 0.5) is 0 Å². The maximum Gasteiger partial charge on any atom is 0.303 e. The van der Waals surface area contributed by atoms with Crippen LogP contribution in [0.25, 0.3) is 0 Å². The molecule has 4 saturated heterocycles. The molecule has 4 rings (SSSR count). The van der Waals surface area contributed by atoms with Crippen molar-refractivity contribution in [1.29, 1.82) is 0 Å². The lowest BCUT2D eigenvalue weighted by molar-refractivity contribution is -0.137. The molecule has 5 N–H and O–H groups in total. The Bertz CT molecular complexity index is 755. The summed E-state index contributed by atoms with van der Waals surface area (Å²) in [6.45, 7) is 17.9. The van der Waals surface area contributed by atoms with E-state index in [1.54, 1.807) is 0 Å². The van der Waals surface area contributed by atoms with Crippen LogP contribution in [0, 0.1) is 41.4 Å². The van der Waals surface area contributed by atoms with Gasteiger partial charge in [0.2, 0.25) is 0 Å². The quantitative estimate of drug-likeness (QED) is 0.197. The Morgan fingerprint density at radius 1 is 0.722 bits per heavy atom.